The predicted octanol–water partition coefficient (Wildman–Crippen LogP) is 13.1. The van der Waals surface area contributed by atoms with E-state index in [1.54, 1.807) is 0 Å². The Labute approximate surface area is 307 Å². The molecule has 1 saturated carbocycles. The van der Waals surface area contributed by atoms with Crippen LogP contribution in [-0.2, 0) is 5.41 Å². The third-order valence-corrected chi connectivity index (χ3v) is 12.5. The molecule has 0 aliphatic heterocycles. The second-order valence-corrected chi connectivity index (χ2v) is 15.2. The summed E-state index contributed by atoms with van der Waals surface area (Å²) in [5.41, 5.74) is 11.1. The minimum absolute atomic E-state index is 0.0770. The molecule has 2 aliphatic carbocycles. The van der Waals surface area contributed by atoms with Gasteiger partial charge in [0, 0.05) is 27.1 Å². The largest absolute Gasteiger partial charge is 0.278 e. The molecule has 10 aromatic rings. The molecular formula is C50H35N3. The summed E-state index contributed by atoms with van der Waals surface area (Å²) in [6.45, 7) is 0. The maximum atomic E-state index is 5.64. The topological polar surface area (TPSA) is 30.7 Å². The summed E-state index contributed by atoms with van der Waals surface area (Å²) in [7, 11) is 0. The lowest BCUT2D eigenvalue weighted by atomic mass is 9.67. The van der Waals surface area contributed by atoms with Gasteiger partial charge in [-0.05, 0) is 85.6 Å². The van der Waals surface area contributed by atoms with Gasteiger partial charge in [0.1, 0.15) is 0 Å². The average Bonchev–Trinajstić information content (AvgIpc) is 3.71. The molecule has 2 aliphatic rings. The summed E-state index contributed by atoms with van der Waals surface area (Å²) in [4.78, 5) is 11.1. The van der Waals surface area contributed by atoms with Crippen LogP contribution in [0, 0.1) is 0 Å². The number of hydrogen-bond acceptors (Lipinski definition) is 2. The molecule has 8 aromatic carbocycles. The van der Waals surface area contributed by atoms with Gasteiger partial charge < -0.3 is 0 Å². The van der Waals surface area contributed by atoms with Crippen molar-refractivity contribution in [3.63, 3.8) is 0 Å². The number of benzene rings is 8. The second kappa shape index (κ2) is 10.8. The Bertz CT molecular complexity index is 3160. The van der Waals surface area contributed by atoms with Crippen LogP contribution in [0.2, 0.25) is 0 Å². The quantitative estimate of drug-likeness (QED) is 0.182. The maximum absolute atomic E-state index is 5.64. The summed E-state index contributed by atoms with van der Waals surface area (Å²) >= 11 is 0. The van der Waals surface area contributed by atoms with E-state index >= 15 is 0 Å². The monoisotopic (exact) mass is 677 g/mol. The lowest BCUT2D eigenvalue weighted by Gasteiger charge is -2.36. The highest BCUT2D eigenvalue weighted by atomic mass is 15.2. The van der Waals surface area contributed by atoms with Gasteiger partial charge in [0.15, 0.2) is 0 Å². The van der Waals surface area contributed by atoms with E-state index in [-0.39, 0.29) is 5.41 Å². The Hall–Kier alpha value is -6.32. The van der Waals surface area contributed by atoms with Gasteiger partial charge in [-0.1, -0.05) is 153 Å². The maximum Gasteiger partial charge on any atom is 0.235 e. The summed E-state index contributed by atoms with van der Waals surface area (Å²) in [6, 6.07) is 55.8. The fraction of sp³-hybridized carbons (Fsp3) is 0.120. The summed E-state index contributed by atoms with van der Waals surface area (Å²) in [6.07, 6.45) is 6.03. The summed E-state index contributed by atoms with van der Waals surface area (Å²) in [5.74, 6) is 0.724. The molecule has 1 fully saturated rings. The zero-order chi connectivity index (χ0) is 34.7. The fourth-order valence-electron chi connectivity index (χ4n) is 10.3. The van der Waals surface area contributed by atoms with Crippen molar-refractivity contribution in [1.82, 2.24) is 14.5 Å². The third kappa shape index (κ3) is 3.94. The minimum Gasteiger partial charge on any atom is -0.278 e. The van der Waals surface area contributed by atoms with Crippen LogP contribution in [0.15, 0.2) is 152 Å². The van der Waals surface area contributed by atoms with Gasteiger partial charge in [0.2, 0.25) is 5.95 Å². The predicted molar refractivity (Wildman–Crippen MR) is 221 cm³/mol. The molecule has 1 spiro atoms. The smallest absolute Gasteiger partial charge is 0.235 e. The van der Waals surface area contributed by atoms with Crippen LogP contribution in [-0.4, -0.2) is 14.5 Å². The molecule has 0 atom stereocenters. The van der Waals surface area contributed by atoms with E-state index in [0.29, 0.717) is 0 Å². The van der Waals surface area contributed by atoms with E-state index in [4.69, 9.17) is 9.97 Å². The van der Waals surface area contributed by atoms with Gasteiger partial charge in [-0.3, -0.25) is 4.57 Å². The molecule has 3 heteroatoms. The highest BCUT2D eigenvalue weighted by Crippen LogP contribution is 2.61. The van der Waals surface area contributed by atoms with Crippen molar-refractivity contribution in [1.29, 1.82) is 0 Å². The van der Waals surface area contributed by atoms with Gasteiger partial charge >= 0.3 is 0 Å². The first kappa shape index (κ1) is 29.3. The standard InChI is InChI=1S/C50H35N3/c1-12-28-50(29-13-1)40-22-10-8-20-38(40)43-36-18-6-7-19-37(36)45-44-35-17-5-4-15-32(35)26-27-42(44)53(48(45)46(43)50)49-51-41-23-11-9-21-39(41)47(52-49)34-25-24-31-14-2-3-16-33(31)30-34/h2-11,14-27,30H,1,12-13,28-29H2. The van der Waals surface area contributed by atoms with Crippen LogP contribution in [0.25, 0.3) is 93.4 Å². The average molecular weight is 678 g/mol. The number of rotatable bonds is 2. The zero-order valence-electron chi connectivity index (χ0n) is 29.3. The van der Waals surface area contributed by atoms with Crippen molar-refractivity contribution in [2.75, 3.05) is 0 Å². The van der Waals surface area contributed by atoms with Crippen molar-refractivity contribution in [3.8, 4) is 28.3 Å². The number of aromatic nitrogens is 3. The van der Waals surface area contributed by atoms with E-state index in [2.05, 4.69) is 156 Å². The Morgan fingerprint density at radius 3 is 2.06 bits per heavy atom. The number of fused-ring (bicyclic) bond motifs is 16. The molecular weight excluding hydrogens is 643 g/mol. The van der Waals surface area contributed by atoms with E-state index in [9.17, 15) is 0 Å². The lowest BCUT2D eigenvalue weighted by Crippen LogP contribution is -2.28. The first-order valence-corrected chi connectivity index (χ1v) is 19.1. The lowest BCUT2D eigenvalue weighted by molar-refractivity contribution is 0.354. The summed E-state index contributed by atoms with van der Waals surface area (Å²) < 4.78 is 2.46. The highest BCUT2D eigenvalue weighted by Gasteiger charge is 2.47. The second-order valence-electron chi connectivity index (χ2n) is 15.2. The SMILES string of the molecule is c1ccc2c(c1)-c1c(c3c(c4ccccc14)c1c4ccccc4ccc1n3-c1nc(-c3ccc4ccccc4c3)c3ccccc3n1)C21CCCCC1. The molecule has 250 valence electrons. The first-order chi connectivity index (χ1) is 26.3. The molecule has 0 saturated heterocycles. The van der Waals surface area contributed by atoms with Gasteiger partial charge in [-0.25, -0.2) is 9.97 Å². The van der Waals surface area contributed by atoms with Crippen LogP contribution < -0.4 is 0 Å². The van der Waals surface area contributed by atoms with Gasteiger partial charge in [0.05, 0.1) is 22.2 Å². The normalized spacial score (nSPS) is 14.9. The summed E-state index contributed by atoms with van der Waals surface area (Å²) in [5, 5.41) is 11.2. The van der Waals surface area contributed by atoms with Crippen molar-refractivity contribution < 1.29 is 0 Å². The highest BCUT2D eigenvalue weighted by molar-refractivity contribution is 6.32. The van der Waals surface area contributed by atoms with E-state index in [1.807, 2.05) is 0 Å². The molecule has 0 unspecified atom stereocenters. The molecule has 0 N–H and O–H groups in total. The Morgan fingerprint density at radius 2 is 1.19 bits per heavy atom. The van der Waals surface area contributed by atoms with Crippen molar-refractivity contribution in [3.05, 3.63) is 163 Å². The molecule has 2 aromatic heterocycles. The molecule has 0 amide bonds. The van der Waals surface area contributed by atoms with Crippen LogP contribution >= 0.6 is 0 Å². The van der Waals surface area contributed by atoms with Crippen LogP contribution in [0.5, 0.6) is 0 Å². The van der Waals surface area contributed by atoms with E-state index < -0.39 is 0 Å². The fourth-order valence-corrected chi connectivity index (χ4v) is 10.3. The molecule has 2 heterocycles. The van der Waals surface area contributed by atoms with Gasteiger partial charge in [0.25, 0.3) is 0 Å². The molecule has 3 nitrogen and oxygen atoms in total. The van der Waals surface area contributed by atoms with Crippen LogP contribution in [0.3, 0.4) is 0 Å². The van der Waals surface area contributed by atoms with E-state index in [0.717, 1.165) is 46.5 Å². The Morgan fingerprint density at radius 1 is 0.509 bits per heavy atom. The molecule has 12 rings (SSSR count). The van der Waals surface area contributed by atoms with E-state index in [1.165, 1.54) is 90.1 Å². The number of para-hydroxylation sites is 1. The minimum atomic E-state index is -0.0770. The van der Waals surface area contributed by atoms with Gasteiger partial charge in [-0.15, -0.1) is 0 Å². The number of hydrogen-bond donors (Lipinski definition) is 0. The van der Waals surface area contributed by atoms with Crippen molar-refractivity contribution in [2.24, 2.45) is 0 Å². The zero-order valence-corrected chi connectivity index (χ0v) is 29.3. The third-order valence-electron chi connectivity index (χ3n) is 12.5. The van der Waals surface area contributed by atoms with Crippen LogP contribution in [0.4, 0.5) is 0 Å². The molecule has 0 bridgehead atoms. The molecule has 0 radical (unpaired) electrons. The van der Waals surface area contributed by atoms with Crippen LogP contribution in [0.1, 0.15) is 43.2 Å². The number of nitrogens with zero attached hydrogens (tertiary/aromatic N) is 3. The van der Waals surface area contributed by atoms with Crippen molar-refractivity contribution >= 4 is 65.0 Å². The van der Waals surface area contributed by atoms with Crippen molar-refractivity contribution in [2.45, 2.75) is 37.5 Å². The Kier molecular flexibility index (Phi) is 5.99. The van der Waals surface area contributed by atoms with Gasteiger partial charge in [-0.2, -0.15) is 0 Å². The molecule has 53 heavy (non-hydrogen) atoms. The first-order valence-electron chi connectivity index (χ1n) is 19.1. The Balaban J connectivity index is 1.31.